The maximum absolute atomic E-state index is 12.7. The molecule has 1 fully saturated rings. The molecule has 0 radical (unpaired) electrons. The molecule has 112 valence electrons. The van der Waals surface area contributed by atoms with Crippen LogP contribution in [0.25, 0.3) is 0 Å². The van der Waals surface area contributed by atoms with Crippen molar-refractivity contribution in [2.24, 2.45) is 0 Å². The third-order valence-electron chi connectivity index (χ3n) is 3.28. The van der Waals surface area contributed by atoms with Gasteiger partial charge in [0, 0.05) is 6.04 Å². The average Bonchev–Trinajstić information content (AvgIpc) is 3.21. The van der Waals surface area contributed by atoms with Gasteiger partial charge in [-0.25, -0.2) is 0 Å². The lowest BCUT2D eigenvalue weighted by atomic mass is 10.2. The summed E-state index contributed by atoms with van der Waals surface area (Å²) in [5, 5.41) is 3.40. The van der Waals surface area contributed by atoms with Crippen molar-refractivity contribution >= 4 is 0 Å². The van der Waals surface area contributed by atoms with Crippen LogP contribution in [0.15, 0.2) is 24.3 Å². The zero-order valence-electron chi connectivity index (χ0n) is 11.4. The van der Waals surface area contributed by atoms with Crippen LogP contribution in [-0.4, -0.2) is 19.2 Å². The number of halogens is 3. The highest BCUT2D eigenvalue weighted by Crippen LogP contribution is 2.35. The Hall–Kier alpha value is -1.23. The summed E-state index contributed by atoms with van der Waals surface area (Å²) in [5.74, 6) is -0.0731. The molecule has 0 unspecified atom stereocenters. The molecule has 2 rings (SSSR count). The minimum atomic E-state index is -4.36. The average molecular weight is 287 g/mol. The van der Waals surface area contributed by atoms with Crippen molar-refractivity contribution in [2.75, 3.05) is 13.2 Å². The molecular formula is C15H20F3NO. The third kappa shape index (κ3) is 5.04. The Labute approximate surface area is 117 Å². The van der Waals surface area contributed by atoms with Crippen LogP contribution in [0.1, 0.15) is 37.7 Å². The first-order valence-corrected chi connectivity index (χ1v) is 7.10. The molecule has 1 saturated carbocycles. The Kier molecular flexibility index (Phi) is 5.29. The van der Waals surface area contributed by atoms with E-state index >= 15 is 0 Å². The van der Waals surface area contributed by atoms with Gasteiger partial charge in [0.15, 0.2) is 0 Å². The number of para-hydroxylation sites is 1. The fourth-order valence-corrected chi connectivity index (χ4v) is 2.01. The molecule has 5 heteroatoms. The summed E-state index contributed by atoms with van der Waals surface area (Å²) in [7, 11) is 0. The van der Waals surface area contributed by atoms with Crippen molar-refractivity contribution in [2.45, 2.75) is 44.3 Å². The Morgan fingerprint density at radius 3 is 2.55 bits per heavy atom. The Bertz CT molecular complexity index is 416. The van der Waals surface area contributed by atoms with Crippen LogP contribution in [0.5, 0.6) is 5.75 Å². The molecular weight excluding hydrogens is 267 g/mol. The maximum Gasteiger partial charge on any atom is 0.419 e. The van der Waals surface area contributed by atoms with Crippen molar-refractivity contribution in [3.63, 3.8) is 0 Å². The lowest BCUT2D eigenvalue weighted by molar-refractivity contribution is -0.138. The van der Waals surface area contributed by atoms with E-state index in [9.17, 15) is 13.2 Å². The monoisotopic (exact) mass is 287 g/mol. The van der Waals surface area contributed by atoms with Crippen LogP contribution in [0.2, 0.25) is 0 Å². The van der Waals surface area contributed by atoms with Gasteiger partial charge in [0.25, 0.3) is 0 Å². The number of hydrogen-bond acceptors (Lipinski definition) is 2. The van der Waals surface area contributed by atoms with E-state index in [1.54, 1.807) is 6.07 Å². The maximum atomic E-state index is 12.7. The molecule has 0 spiro atoms. The van der Waals surface area contributed by atoms with Gasteiger partial charge in [-0.3, -0.25) is 0 Å². The second-order valence-corrected chi connectivity index (χ2v) is 5.13. The molecule has 1 N–H and O–H groups in total. The Balaban J connectivity index is 1.65. The van der Waals surface area contributed by atoms with Crippen molar-refractivity contribution in [1.82, 2.24) is 5.32 Å². The molecule has 1 aliphatic rings. The van der Waals surface area contributed by atoms with Gasteiger partial charge in [-0.15, -0.1) is 0 Å². The number of rotatable bonds is 8. The number of unbranched alkanes of at least 4 members (excludes halogenated alkanes) is 2. The standard InChI is InChI=1S/C15H20F3NO/c16-15(17,18)13-6-2-3-7-14(13)20-11-5-1-4-10-19-12-8-9-12/h2-3,6-7,12,19H,1,4-5,8-11H2. The first-order valence-electron chi connectivity index (χ1n) is 7.10. The highest BCUT2D eigenvalue weighted by molar-refractivity contribution is 5.35. The van der Waals surface area contributed by atoms with Crippen molar-refractivity contribution < 1.29 is 17.9 Å². The quantitative estimate of drug-likeness (QED) is 0.729. The molecule has 2 nitrogen and oxygen atoms in total. The van der Waals surface area contributed by atoms with Gasteiger partial charge >= 0.3 is 6.18 Å². The zero-order valence-corrected chi connectivity index (χ0v) is 11.4. The van der Waals surface area contributed by atoms with Crippen LogP contribution in [0.3, 0.4) is 0 Å². The molecule has 1 aromatic rings. The van der Waals surface area contributed by atoms with Gasteiger partial charge in [0.2, 0.25) is 0 Å². The molecule has 0 amide bonds. The predicted octanol–water partition coefficient (Wildman–Crippen LogP) is 4.01. The van der Waals surface area contributed by atoms with E-state index in [4.69, 9.17) is 4.74 Å². The van der Waals surface area contributed by atoms with Gasteiger partial charge in [-0.1, -0.05) is 12.1 Å². The largest absolute Gasteiger partial charge is 0.493 e. The number of hydrogen-bond donors (Lipinski definition) is 1. The van der Waals surface area contributed by atoms with Crippen molar-refractivity contribution in [3.8, 4) is 5.75 Å². The van der Waals surface area contributed by atoms with E-state index in [2.05, 4.69) is 5.32 Å². The second kappa shape index (κ2) is 6.97. The summed E-state index contributed by atoms with van der Waals surface area (Å²) < 4.78 is 43.4. The molecule has 1 aliphatic carbocycles. The first kappa shape index (κ1) is 15.2. The summed E-state index contributed by atoms with van der Waals surface area (Å²) in [6, 6.07) is 6.07. The molecule has 0 saturated heterocycles. The molecule has 0 atom stereocenters. The summed E-state index contributed by atoms with van der Waals surface area (Å²) in [6.45, 7) is 1.32. The number of nitrogens with one attached hydrogen (secondary N) is 1. The van der Waals surface area contributed by atoms with Crippen molar-refractivity contribution in [1.29, 1.82) is 0 Å². The van der Waals surface area contributed by atoms with Crippen LogP contribution in [-0.2, 0) is 6.18 Å². The van der Waals surface area contributed by atoms with E-state index in [1.165, 1.54) is 25.0 Å². The fraction of sp³-hybridized carbons (Fsp3) is 0.600. The topological polar surface area (TPSA) is 21.3 Å². The van der Waals surface area contributed by atoms with Gasteiger partial charge in [0.1, 0.15) is 5.75 Å². The molecule has 0 bridgehead atoms. The number of ether oxygens (including phenoxy) is 1. The molecule has 20 heavy (non-hydrogen) atoms. The van der Waals surface area contributed by atoms with Crippen LogP contribution >= 0.6 is 0 Å². The van der Waals surface area contributed by atoms with Gasteiger partial charge in [-0.05, 0) is 50.8 Å². The minimum Gasteiger partial charge on any atom is -0.493 e. The Morgan fingerprint density at radius 1 is 1.10 bits per heavy atom. The summed E-state index contributed by atoms with van der Waals surface area (Å²) in [6.07, 6.45) is 0.979. The van der Waals surface area contributed by atoms with E-state index in [-0.39, 0.29) is 5.75 Å². The third-order valence-corrected chi connectivity index (χ3v) is 3.28. The van der Waals surface area contributed by atoms with E-state index in [1.807, 2.05) is 0 Å². The fourth-order valence-electron chi connectivity index (χ4n) is 2.01. The smallest absolute Gasteiger partial charge is 0.419 e. The lowest BCUT2D eigenvalue weighted by Crippen LogP contribution is -2.17. The highest BCUT2D eigenvalue weighted by atomic mass is 19.4. The Morgan fingerprint density at radius 2 is 1.85 bits per heavy atom. The van der Waals surface area contributed by atoms with E-state index in [0.29, 0.717) is 12.6 Å². The van der Waals surface area contributed by atoms with Crippen LogP contribution < -0.4 is 10.1 Å². The van der Waals surface area contributed by atoms with E-state index in [0.717, 1.165) is 31.9 Å². The summed E-state index contributed by atoms with van der Waals surface area (Å²) in [5.41, 5.74) is -0.699. The van der Waals surface area contributed by atoms with Gasteiger partial charge in [0.05, 0.1) is 12.2 Å². The SMILES string of the molecule is FC(F)(F)c1ccccc1OCCCCCNC1CC1. The number of alkyl halides is 3. The summed E-state index contributed by atoms with van der Waals surface area (Å²) >= 11 is 0. The predicted molar refractivity (Wildman–Crippen MR) is 71.8 cm³/mol. The van der Waals surface area contributed by atoms with Crippen LogP contribution in [0.4, 0.5) is 13.2 Å². The normalized spacial score (nSPS) is 15.3. The second-order valence-electron chi connectivity index (χ2n) is 5.13. The lowest BCUT2D eigenvalue weighted by Gasteiger charge is -2.13. The van der Waals surface area contributed by atoms with Crippen molar-refractivity contribution in [3.05, 3.63) is 29.8 Å². The minimum absolute atomic E-state index is 0.0731. The zero-order chi connectivity index (χ0) is 14.4. The molecule has 0 aromatic heterocycles. The first-order chi connectivity index (χ1) is 9.57. The molecule has 0 heterocycles. The van der Waals surface area contributed by atoms with Gasteiger partial charge in [-0.2, -0.15) is 13.2 Å². The number of benzene rings is 1. The van der Waals surface area contributed by atoms with Crippen LogP contribution in [0, 0.1) is 0 Å². The highest BCUT2D eigenvalue weighted by Gasteiger charge is 2.33. The van der Waals surface area contributed by atoms with E-state index < -0.39 is 11.7 Å². The molecule has 0 aliphatic heterocycles. The molecule has 1 aromatic carbocycles. The summed E-state index contributed by atoms with van der Waals surface area (Å²) in [4.78, 5) is 0. The van der Waals surface area contributed by atoms with Gasteiger partial charge < -0.3 is 10.1 Å².